The summed E-state index contributed by atoms with van der Waals surface area (Å²) in [4.78, 5) is 4.59. The summed E-state index contributed by atoms with van der Waals surface area (Å²) in [6.07, 6.45) is 1.85. The number of hydrogen-bond donors (Lipinski definition) is 0. The smallest absolute Gasteiger partial charge is 0.0789 e. The minimum atomic E-state index is 0.969. The quantitative estimate of drug-likeness (QED) is 0.196. The van der Waals surface area contributed by atoms with E-state index < -0.39 is 0 Å². The standard InChI is InChI=1S/C43H29N3/c1-4-14-31(15-5-1)40-37-28-27-36-35-20-10-11-22-39(35)45(34-25-23-30(24-26-34)38-21-12-13-29-44-38)42(36)43(37)46(33-18-8-3-9-19-33)41(40)32-16-6-2-7-17-32/h1-29H. The van der Waals surface area contributed by atoms with Crippen LogP contribution >= 0.6 is 0 Å². The van der Waals surface area contributed by atoms with Gasteiger partial charge < -0.3 is 9.13 Å². The molecule has 0 radical (unpaired) electrons. The molecular formula is C43H29N3. The summed E-state index contributed by atoms with van der Waals surface area (Å²) in [6.45, 7) is 0. The minimum absolute atomic E-state index is 0.969. The molecule has 9 rings (SSSR count). The van der Waals surface area contributed by atoms with Crippen molar-refractivity contribution in [1.29, 1.82) is 0 Å². The van der Waals surface area contributed by atoms with Crippen molar-refractivity contribution >= 4 is 32.7 Å². The SMILES string of the molecule is c1ccc(-c2c(-c3ccccc3)n(-c3ccccc3)c3c2ccc2c4ccccc4n(-c4ccc(-c5ccccn5)cc4)c23)cc1. The van der Waals surface area contributed by atoms with Gasteiger partial charge >= 0.3 is 0 Å². The number of fused-ring (bicyclic) bond motifs is 5. The Morgan fingerprint density at radius 2 is 0.957 bits per heavy atom. The molecule has 0 fully saturated rings. The first-order valence-electron chi connectivity index (χ1n) is 15.7. The lowest BCUT2D eigenvalue weighted by Crippen LogP contribution is -2.00. The molecule has 0 aliphatic heterocycles. The zero-order valence-electron chi connectivity index (χ0n) is 25.1. The molecule has 6 aromatic carbocycles. The van der Waals surface area contributed by atoms with E-state index >= 15 is 0 Å². The molecule has 0 saturated carbocycles. The minimum Gasteiger partial charge on any atom is -0.307 e. The van der Waals surface area contributed by atoms with Gasteiger partial charge in [-0.05, 0) is 53.6 Å². The zero-order valence-corrected chi connectivity index (χ0v) is 25.1. The Balaban J connectivity index is 1.46. The van der Waals surface area contributed by atoms with Crippen molar-refractivity contribution in [2.24, 2.45) is 0 Å². The summed E-state index contributed by atoms with van der Waals surface area (Å²) in [7, 11) is 0. The molecule has 0 bridgehead atoms. The van der Waals surface area contributed by atoms with E-state index in [2.05, 4.69) is 172 Å². The van der Waals surface area contributed by atoms with E-state index in [0.29, 0.717) is 0 Å². The summed E-state index contributed by atoms with van der Waals surface area (Å²) < 4.78 is 4.92. The largest absolute Gasteiger partial charge is 0.307 e. The first-order chi connectivity index (χ1) is 22.9. The molecule has 0 aliphatic rings. The van der Waals surface area contributed by atoms with Crippen LogP contribution in [0.1, 0.15) is 0 Å². The van der Waals surface area contributed by atoms with Gasteiger partial charge in [-0.1, -0.05) is 127 Å². The fraction of sp³-hybridized carbons (Fsp3) is 0. The molecule has 216 valence electrons. The lowest BCUT2D eigenvalue weighted by Gasteiger charge is -2.15. The molecule has 0 unspecified atom stereocenters. The van der Waals surface area contributed by atoms with Gasteiger partial charge in [0.15, 0.2) is 0 Å². The molecule has 0 atom stereocenters. The Morgan fingerprint density at radius 1 is 0.370 bits per heavy atom. The summed E-state index contributed by atoms with van der Waals surface area (Å²) in [6, 6.07) is 60.6. The number of para-hydroxylation sites is 2. The second-order valence-electron chi connectivity index (χ2n) is 11.6. The van der Waals surface area contributed by atoms with Crippen molar-refractivity contribution in [2.45, 2.75) is 0 Å². The maximum Gasteiger partial charge on any atom is 0.0789 e. The summed E-state index contributed by atoms with van der Waals surface area (Å²) >= 11 is 0. The van der Waals surface area contributed by atoms with E-state index in [1.165, 1.54) is 55.1 Å². The number of rotatable bonds is 5. The van der Waals surface area contributed by atoms with E-state index in [-0.39, 0.29) is 0 Å². The van der Waals surface area contributed by atoms with Gasteiger partial charge in [0.1, 0.15) is 0 Å². The van der Waals surface area contributed by atoms with Gasteiger partial charge in [0.25, 0.3) is 0 Å². The maximum absolute atomic E-state index is 4.59. The van der Waals surface area contributed by atoms with Crippen LogP contribution in [0.5, 0.6) is 0 Å². The van der Waals surface area contributed by atoms with Crippen LogP contribution in [-0.2, 0) is 0 Å². The molecule has 3 heterocycles. The number of hydrogen-bond acceptors (Lipinski definition) is 1. The van der Waals surface area contributed by atoms with Gasteiger partial charge in [-0.3, -0.25) is 4.98 Å². The number of benzene rings is 6. The lowest BCUT2D eigenvalue weighted by molar-refractivity contribution is 1.12. The predicted octanol–water partition coefficient (Wildman–Crippen LogP) is 11.1. The molecule has 9 aromatic rings. The highest BCUT2D eigenvalue weighted by Gasteiger charge is 2.25. The normalized spacial score (nSPS) is 11.5. The molecule has 3 heteroatoms. The van der Waals surface area contributed by atoms with E-state index in [0.717, 1.165) is 22.6 Å². The number of pyridine rings is 1. The van der Waals surface area contributed by atoms with E-state index in [4.69, 9.17) is 0 Å². The molecule has 46 heavy (non-hydrogen) atoms. The van der Waals surface area contributed by atoms with E-state index in [9.17, 15) is 0 Å². The predicted molar refractivity (Wildman–Crippen MR) is 192 cm³/mol. The third-order valence-corrected chi connectivity index (χ3v) is 8.97. The van der Waals surface area contributed by atoms with Gasteiger partial charge in [-0.2, -0.15) is 0 Å². The van der Waals surface area contributed by atoms with Gasteiger partial charge in [-0.25, -0.2) is 0 Å². The van der Waals surface area contributed by atoms with Crippen LogP contribution in [0.3, 0.4) is 0 Å². The van der Waals surface area contributed by atoms with Crippen molar-refractivity contribution in [2.75, 3.05) is 0 Å². The van der Waals surface area contributed by atoms with Gasteiger partial charge in [0.05, 0.1) is 27.9 Å². The second-order valence-corrected chi connectivity index (χ2v) is 11.6. The van der Waals surface area contributed by atoms with Crippen LogP contribution in [0.2, 0.25) is 0 Å². The average molecular weight is 588 g/mol. The molecule has 0 amide bonds. The average Bonchev–Trinajstić information content (AvgIpc) is 3.67. The molecule has 0 saturated heterocycles. The van der Waals surface area contributed by atoms with Gasteiger partial charge in [-0.15, -0.1) is 0 Å². The summed E-state index contributed by atoms with van der Waals surface area (Å²) in [5.74, 6) is 0. The molecule has 0 spiro atoms. The number of aromatic nitrogens is 3. The molecular weight excluding hydrogens is 558 g/mol. The second kappa shape index (κ2) is 10.8. The zero-order chi connectivity index (χ0) is 30.5. The first kappa shape index (κ1) is 26.2. The fourth-order valence-electron chi connectivity index (χ4n) is 7.00. The topological polar surface area (TPSA) is 22.8 Å². The third kappa shape index (κ3) is 4.10. The molecule has 0 N–H and O–H groups in total. The van der Waals surface area contributed by atoms with E-state index in [1.807, 2.05) is 18.3 Å². The van der Waals surface area contributed by atoms with Crippen LogP contribution in [0.25, 0.3) is 77.7 Å². The first-order valence-corrected chi connectivity index (χ1v) is 15.7. The van der Waals surface area contributed by atoms with Crippen molar-refractivity contribution in [3.05, 3.63) is 176 Å². The van der Waals surface area contributed by atoms with Crippen LogP contribution in [-0.4, -0.2) is 14.1 Å². The van der Waals surface area contributed by atoms with Gasteiger partial charge in [0, 0.05) is 44.9 Å². The summed E-state index contributed by atoms with van der Waals surface area (Å²) in [5.41, 5.74) is 12.7. The highest BCUT2D eigenvalue weighted by atomic mass is 15.1. The van der Waals surface area contributed by atoms with Crippen LogP contribution in [0, 0.1) is 0 Å². The highest BCUT2D eigenvalue weighted by Crippen LogP contribution is 2.47. The van der Waals surface area contributed by atoms with Crippen LogP contribution in [0.15, 0.2) is 176 Å². The lowest BCUT2D eigenvalue weighted by atomic mass is 9.98. The van der Waals surface area contributed by atoms with Crippen molar-refractivity contribution in [1.82, 2.24) is 14.1 Å². The Hall–Kier alpha value is -6.19. The van der Waals surface area contributed by atoms with Crippen molar-refractivity contribution < 1.29 is 0 Å². The van der Waals surface area contributed by atoms with Crippen LogP contribution in [0.4, 0.5) is 0 Å². The fourth-order valence-corrected chi connectivity index (χ4v) is 7.00. The van der Waals surface area contributed by atoms with Crippen LogP contribution < -0.4 is 0 Å². The van der Waals surface area contributed by atoms with Crippen molar-refractivity contribution in [3.8, 4) is 45.0 Å². The summed E-state index contributed by atoms with van der Waals surface area (Å²) in [5, 5.41) is 3.68. The molecule has 3 aromatic heterocycles. The Bertz CT molecular complexity index is 2470. The monoisotopic (exact) mass is 587 g/mol. The molecule has 0 aliphatic carbocycles. The third-order valence-electron chi connectivity index (χ3n) is 8.97. The Morgan fingerprint density at radius 3 is 1.67 bits per heavy atom. The molecule has 3 nitrogen and oxygen atoms in total. The van der Waals surface area contributed by atoms with Gasteiger partial charge in [0.2, 0.25) is 0 Å². The van der Waals surface area contributed by atoms with E-state index in [1.54, 1.807) is 0 Å². The Kier molecular flexibility index (Phi) is 6.14. The number of nitrogens with zero attached hydrogens (tertiary/aromatic N) is 3. The maximum atomic E-state index is 4.59. The van der Waals surface area contributed by atoms with Crippen molar-refractivity contribution in [3.63, 3.8) is 0 Å². The highest BCUT2D eigenvalue weighted by molar-refractivity contribution is 6.22. The Labute approximate surface area is 267 Å².